The molecule has 3 nitrogen and oxygen atoms in total. The van der Waals surface area contributed by atoms with Crippen LogP contribution < -0.4 is 4.90 Å². The average molecular weight is 545 g/mol. The van der Waals surface area contributed by atoms with Crippen LogP contribution in [-0.4, -0.2) is 4.57 Å². The first-order valence-electron chi connectivity index (χ1n) is 13.9. The zero-order chi connectivity index (χ0) is 27.1. The number of hydrogen-bond donors (Lipinski definition) is 0. The lowest BCUT2D eigenvalue weighted by atomic mass is 10.1. The van der Waals surface area contributed by atoms with Crippen molar-refractivity contribution in [3.05, 3.63) is 133 Å². The van der Waals surface area contributed by atoms with E-state index in [9.17, 15) is 0 Å². The van der Waals surface area contributed by atoms with Gasteiger partial charge in [-0.3, -0.25) is 0 Å². The minimum absolute atomic E-state index is 0.895. The molecule has 1 aliphatic rings. The molecular weight excluding hydrogens is 520 g/mol. The minimum Gasteiger partial charge on any atom is -0.454 e. The molecule has 0 aliphatic carbocycles. The molecule has 0 N–H and O–H groups in total. The Balaban J connectivity index is 1.39. The molecule has 41 heavy (non-hydrogen) atoms. The molecular formula is C37H24N2OS. The molecule has 0 bridgehead atoms. The Morgan fingerprint density at radius 3 is 2.27 bits per heavy atom. The van der Waals surface area contributed by atoms with Crippen molar-refractivity contribution in [1.82, 2.24) is 4.57 Å². The predicted octanol–water partition coefficient (Wildman–Crippen LogP) is 10.9. The van der Waals surface area contributed by atoms with Gasteiger partial charge < -0.3 is 13.9 Å². The minimum atomic E-state index is 0.895. The van der Waals surface area contributed by atoms with Crippen LogP contribution in [0, 0.1) is 6.92 Å². The van der Waals surface area contributed by atoms with Crippen LogP contribution in [0.5, 0.6) is 0 Å². The predicted molar refractivity (Wildman–Crippen MR) is 172 cm³/mol. The topological polar surface area (TPSA) is 21.3 Å². The van der Waals surface area contributed by atoms with Crippen molar-refractivity contribution in [3.8, 4) is 5.69 Å². The second-order valence-electron chi connectivity index (χ2n) is 10.6. The van der Waals surface area contributed by atoms with Crippen LogP contribution in [-0.2, 0) is 0 Å². The summed E-state index contributed by atoms with van der Waals surface area (Å²) in [6.45, 7) is 2.18. The molecule has 8 aromatic rings. The molecule has 0 amide bonds. The number of aryl methyl sites for hydroxylation is 1. The van der Waals surface area contributed by atoms with Gasteiger partial charge >= 0.3 is 0 Å². The Labute approximate surface area is 241 Å². The number of anilines is 3. The monoisotopic (exact) mass is 544 g/mol. The standard InChI is InChI=1S/C37H24N2OS/c1-23-11-2-5-15-29(23)38(32-18-10-14-27-26-13-4-8-19-33(26)40-37(27)32)24-21-28-25-12-3-6-16-30(25)39-31-17-7-9-20-34(31)41-35(22-24)36(28)39/h2-22H,1H3. The zero-order valence-electron chi connectivity index (χ0n) is 22.3. The lowest BCUT2D eigenvalue weighted by Gasteiger charge is -2.28. The number of nitrogens with zero attached hydrogens (tertiary/aromatic N) is 2. The summed E-state index contributed by atoms with van der Waals surface area (Å²) in [5.41, 5.74) is 10.0. The van der Waals surface area contributed by atoms with Crippen molar-refractivity contribution in [2.24, 2.45) is 0 Å². The van der Waals surface area contributed by atoms with Gasteiger partial charge in [0.1, 0.15) is 5.58 Å². The summed E-state index contributed by atoms with van der Waals surface area (Å²) in [4.78, 5) is 4.90. The lowest BCUT2D eigenvalue weighted by molar-refractivity contribution is 0.669. The Kier molecular flexibility index (Phi) is 4.75. The number of hydrogen-bond acceptors (Lipinski definition) is 3. The van der Waals surface area contributed by atoms with E-state index >= 15 is 0 Å². The van der Waals surface area contributed by atoms with Crippen molar-refractivity contribution in [2.45, 2.75) is 16.7 Å². The molecule has 0 saturated heterocycles. The van der Waals surface area contributed by atoms with Gasteiger partial charge in [-0.2, -0.15) is 0 Å². The highest BCUT2D eigenvalue weighted by Gasteiger charge is 2.26. The zero-order valence-corrected chi connectivity index (χ0v) is 23.2. The van der Waals surface area contributed by atoms with Crippen molar-refractivity contribution in [3.63, 3.8) is 0 Å². The summed E-state index contributed by atoms with van der Waals surface area (Å²) in [5.74, 6) is 0. The second-order valence-corrected chi connectivity index (χ2v) is 11.7. The van der Waals surface area contributed by atoms with E-state index in [0.717, 1.165) is 39.0 Å². The molecule has 0 fully saturated rings. The summed E-state index contributed by atoms with van der Waals surface area (Å²) in [6.07, 6.45) is 0. The molecule has 3 heterocycles. The molecule has 1 aliphatic heterocycles. The van der Waals surface area contributed by atoms with E-state index in [0.29, 0.717) is 0 Å². The third-order valence-corrected chi connectivity index (χ3v) is 9.38. The van der Waals surface area contributed by atoms with Gasteiger partial charge in [-0.1, -0.05) is 90.6 Å². The maximum Gasteiger partial charge on any atom is 0.159 e. The van der Waals surface area contributed by atoms with Crippen LogP contribution >= 0.6 is 11.8 Å². The molecule has 4 heteroatoms. The molecule has 2 aromatic heterocycles. The highest BCUT2D eigenvalue weighted by molar-refractivity contribution is 7.99. The summed E-state index contributed by atoms with van der Waals surface area (Å²) < 4.78 is 9.01. The summed E-state index contributed by atoms with van der Waals surface area (Å²) in [6, 6.07) is 45.6. The van der Waals surface area contributed by atoms with Gasteiger partial charge in [-0.15, -0.1) is 0 Å². The number of para-hydroxylation sites is 5. The first kappa shape index (κ1) is 22.8. The van der Waals surface area contributed by atoms with Crippen LogP contribution in [0.15, 0.2) is 142 Å². The van der Waals surface area contributed by atoms with Gasteiger partial charge in [0.05, 0.1) is 22.4 Å². The average Bonchev–Trinajstić information content (AvgIpc) is 3.56. The SMILES string of the molecule is Cc1ccccc1N(c1cc2c3c(c1)c1ccccc1n3-c1ccccc1S2)c1cccc2c1oc1ccccc12. The summed E-state index contributed by atoms with van der Waals surface area (Å²) in [5, 5.41) is 4.77. The summed E-state index contributed by atoms with van der Waals surface area (Å²) in [7, 11) is 0. The summed E-state index contributed by atoms with van der Waals surface area (Å²) >= 11 is 1.85. The van der Waals surface area contributed by atoms with E-state index in [1.807, 2.05) is 17.8 Å². The Morgan fingerprint density at radius 1 is 0.610 bits per heavy atom. The van der Waals surface area contributed by atoms with E-state index < -0.39 is 0 Å². The second kappa shape index (κ2) is 8.53. The maximum atomic E-state index is 6.57. The Hall–Kier alpha value is -4.93. The highest BCUT2D eigenvalue weighted by Crippen LogP contribution is 2.50. The van der Waals surface area contributed by atoms with E-state index in [1.165, 1.54) is 42.8 Å². The number of fused-ring (bicyclic) bond motifs is 8. The Morgan fingerprint density at radius 2 is 1.34 bits per heavy atom. The van der Waals surface area contributed by atoms with Crippen LogP contribution in [0.1, 0.15) is 5.56 Å². The fourth-order valence-corrected chi connectivity index (χ4v) is 7.61. The normalized spacial score (nSPS) is 12.4. The smallest absolute Gasteiger partial charge is 0.159 e. The van der Waals surface area contributed by atoms with Gasteiger partial charge in [0.25, 0.3) is 0 Å². The van der Waals surface area contributed by atoms with Crippen LogP contribution in [0.25, 0.3) is 49.4 Å². The molecule has 0 radical (unpaired) electrons. The highest BCUT2D eigenvalue weighted by atomic mass is 32.2. The molecule has 0 atom stereocenters. The number of rotatable bonds is 3. The van der Waals surface area contributed by atoms with Gasteiger partial charge in [-0.25, -0.2) is 0 Å². The molecule has 0 saturated carbocycles. The molecule has 9 rings (SSSR count). The number of furan rings is 1. The first-order chi connectivity index (χ1) is 20.3. The quantitative estimate of drug-likeness (QED) is 0.221. The largest absolute Gasteiger partial charge is 0.454 e. The van der Waals surface area contributed by atoms with Gasteiger partial charge in [-0.05, 0) is 61.0 Å². The molecule has 0 spiro atoms. The van der Waals surface area contributed by atoms with Crippen molar-refractivity contribution in [1.29, 1.82) is 0 Å². The van der Waals surface area contributed by atoms with Gasteiger partial charge in [0.15, 0.2) is 5.58 Å². The Bertz CT molecular complexity index is 2330. The van der Waals surface area contributed by atoms with E-state index in [4.69, 9.17) is 4.42 Å². The van der Waals surface area contributed by atoms with E-state index in [-0.39, 0.29) is 0 Å². The van der Waals surface area contributed by atoms with E-state index in [2.05, 4.69) is 138 Å². The van der Waals surface area contributed by atoms with Gasteiger partial charge in [0.2, 0.25) is 0 Å². The van der Waals surface area contributed by atoms with Crippen LogP contribution in [0.3, 0.4) is 0 Å². The lowest BCUT2D eigenvalue weighted by Crippen LogP contribution is -2.12. The fraction of sp³-hybridized carbons (Fsp3) is 0.0270. The van der Waals surface area contributed by atoms with Gasteiger partial charge in [0, 0.05) is 42.7 Å². The molecule has 6 aromatic carbocycles. The van der Waals surface area contributed by atoms with Crippen molar-refractivity contribution < 1.29 is 4.42 Å². The molecule has 194 valence electrons. The van der Waals surface area contributed by atoms with Crippen LogP contribution in [0.2, 0.25) is 0 Å². The number of aromatic nitrogens is 1. The number of benzene rings is 6. The third-order valence-electron chi connectivity index (χ3n) is 8.28. The maximum absolute atomic E-state index is 6.57. The van der Waals surface area contributed by atoms with Crippen molar-refractivity contribution >= 4 is 72.6 Å². The van der Waals surface area contributed by atoms with Crippen molar-refractivity contribution in [2.75, 3.05) is 4.90 Å². The third kappa shape index (κ3) is 3.22. The first-order valence-corrected chi connectivity index (χ1v) is 14.7. The fourth-order valence-electron chi connectivity index (χ4n) is 6.48. The van der Waals surface area contributed by atoms with E-state index in [1.54, 1.807) is 0 Å². The molecule has 0 unspecified atom stereocenters. The van der Waals surface area contributed by atoms with Crippen LogP contribution in [0.4, 0.5) is 17.1 Å².